The van der Waals surface area contributed by atoms with E-state index in [0.717, 1.165) is 18.7 Å². The van der Waals surface area contributed by atoms with Gasteiger partial charge in [-0.15, -0.1) is 0 Å². The number of rotatable bonds is 2. The fourth-order valence-corrected chi connectivity index (χ4v) is 3.38. The molecular weight excluding hydrogens is 309 g/mol. The predicted octanol–water partition coefficient (Wildman–Crippen LogP) is 4.92. The minimum Gasteiger partial charge on any atom is -0.396 e. The maximum atomic E-state index is 6.04. The summed E-state index contributed by atoms with van der Waals surface area (Å²) in [4.78, 5) is 4.51. The van der Waals surface area contributed by atoms with Crippen molar-refractivity contribution in [3.8, 4) is 11.5 Å². The van der Waals surface area contributed by atoms with Crippen molar-refractivity contribution in [3.05, 3.63) is 28.0 Å². The molecule has 1 saturated carbocycles. The van der Waals surface area contributed by atoms with Gasteiger partial charge in [0.1, 0.15) is 0 Å². The summed E-state index contributed by atoms with van der Waals surface area (Å²) in [6.45, 7) is 2.27. The lowest BCUT2D eigenvalue weighted by Gasteiger charge is -2.23. The Kier molecular flexibility index (Phi) is 4.09. The van der Waals surface area contributed by atoms with Crippen LogP contribution in [0.2, 0.25) is 10.0 Å². The highest BCUT2D eigenvalue weighted by Gasteiger charge is 2.25. The van der Waals surface area contributed by atoms with Crippen LogP contribution in [-0.4, -0.2) is 10.1 Å². The quantitative estimate of drug-likeness (QED) is 0.796. The minimum absolute atomic E-state index is 0.364. The molecule has 0 bridgehead atoms. The van der Waals surface area contributed by atoms with Gasteiger partial charge in [-0.1, -0.05) is 48.1 Å². The van der Waals surface area contributed by atoms with Crippen LogP contribution < -0.4 is 5.73 Å². The zero-order valence-electron chi connectivity index (χ0n) is 11.8. The third-order valence-corrected chi connectivity index (χ3v) is 4.69. The number of hydrogen-bond donors (Lipinski definition) is 1. The maximum Gasteiger partial charge on any atom is 0.258 e. The third-order valence-electron chi connectivity index (χ3n) is 4.07. The van der Waals surface area contributed by atoms with E-state index in [9.17, 15) is 0 Å². The van der Waals surface area contributed by atoms with Crippen molar-refractivity contribution in [1.29, 1.82) is 0 Å². The Hall–Kier alpha value is -1.26. The third kappa shape index (κ3) is 3.01. The Morgan fingerprint density at radius 3 is 2.62 bits per heavy atom. The Morgan fingerprint density at radius 2 is 1.95 bits per heavy atom. The number of hydrogen-bond acceptors (Lipinski definition) is 4. The first-order chi connectivity index (χ1) is 10.0. The summed E-state index contributed by atoms with van der Waals surface area (Å²) in [6, 6.07) is 3.40. The molecule has 2 unspecified atom stereocenters. The number of nitrogens with zero attached hydrogens (tertiary/aromatic N) is 2. The van der Waals surface area contributed by atoms with Crippen LogP contribution in [0.1, 0.15) is 44.3 Å². The van der Waals surface area contributed by atoms with Crippen LogP contribution in [0.15, 0.2) is 16.7 Å². The SMILES string of the molecule is CC1CCCC(c2noc(-c3cc(Cl)c(N)c(Cl)c3)n2)C1. The number of nitrogen functional groups attached to an aromatic ring is 1. The van der Waals surface area contributed by atoms with Gasteiger partial charge in [-0.25, -0.2) is 0 Å². The summed E-state index contributed by atoms with van der Waals surface area (Å²) >= 11 is 12.1. The zero-order chi connectivity index (χ0) is 15.0. The first-order valence-corrected chi connectivity index (χ1v) is 7.88. The van der Waals surface area contributed by atoms with Crippen LogP contribution in [-0.2, 0) is 0 Å². The molecule has 1 heterocycles. The molecule has 0 aliphatic heterocycles. The van der Waals surface area contributed by atoms with Crippen molar-refractivity contribution in [2.45, 2.75) is 38.5 Å². The molecule has 21 heavy (non-hydrogen) atoms. The summed E-state index contributed by atoms with van der Waals surface area (Å²) in [6.07, 6.45) is 4.73. The van der Waals surface area contributed by atoms with Crippen LogP contribution in [0.25, 0.3) is 11.5 Å². The summed E-state index contributed by atoms with van der Waals surface area (Å²) < 4.78 is 5.37. The molecule has 1 aliphatic rings. The van der Waals surface area contributed by atoms with Gasteiger partial charge < -0.3 is 10.3 Å². The van der Waals surface area contributed by atoms with E-state index < -0.39 is 0 Å². The summed E-state index contributed by atoms with van der Waals surface area (Å²) in [7, 11) is 0. The number of anilines is 1. The molecule has 1 aromatic heterocycles. The second-order valence-electron chi connectivity index (χ2n) is 5.78. The van der Waals surface area contributed by atoms with Crippen LogP contribution in [0.3, 0.4) is 0 Å². The Balaban J connectivity index is 1.88. The van der Waals surface area contributed by atoms with Crippen molar-refractivity contribution >= 4 is 28.9 Å². The highest BCUT2D eigenvalue weighted by Crippen LogP contribution is 2.36. The van der Waals surface area contributed by atoms with Crippen molar-refractivity contribution in [3.63, 3.8) is 0 Å². The molecule has 2 N–H and O–H groups in total. The molecular formula is C15H17Cl2N3O. The summed E-state index contributed by atoms with van der Waals surface area (Å²) in [5.41, 5.74) is 6.80. The second kappa shape index (κ2) is 5.85. The zero-order valence-corrected chi connectivity index (χ0v) is 13.3. The van der Waals surface area contributed by atoms with E-state index in [1.165, 1.54) is 12.8 Å². The first-order valence-electron chi connectivity index (χ1n) is 7.13. The largest absolute Gasteiger partial charge is 0.396 e. The molecule has 2 aromatic rings. The lowest BCUT2D eigenvalue weighted by molar-refractivity contribution is 0.324. The van der Waals surface area contributed by atoms with Crippen LogP contribution in [0, 0.1) is 5.92 Å². The number of aromatic nitrogens is 2. The fraction of sp³-hybridized carbons (Fsp3) is 0.467. The van der Waals surface area contributed by atoms with E-state index in [4.69, 9.17) is 33.5 Å². The molecule has 1 fully saturated rings. The van der Waals surface area contributed by atoms with Crippen molar-refractivity contribution in [1.82, 2.24) is 10.1 Å². The van der Waals surface area contributed by atoms with Gasteiger partial charge in [0.15, 0.2) is 5.82 Å². The fourth-order valence-electron chi connectivity index (χ4n) is 2.89. The molecule has 0 spiro atoms. The number of halogens is 2. The van der Waals surface area contributed by atoms with E-state index in [-0.39, 0.29) is 0 Å². The Bertz CT molecular complexity index is 633. The van der Waals surface area contributed by atoms with Gasteiger partial charge in [0, 0.05) is 11.5 Å². The molecule has 0 saturated heterocycles. The smallest absolute Gasteiger partial charge is 0.258 e. The van der Waals surface area contributed by atoms with Gasteiger partial charge in [-0.05, 0) is 30.9 Å². The van der Waals surface area contributed by atoms with Gasteiger partial charge in [0.2, 0.25) is 0 Å². The van der Waals surface area contributed by atoms with Gasteiger partial charge in [0.05, 0.1) is 15.7 Å². The highest BCUT2D eigenvalue weighted by atomic mass is 35.5. The number of benzene rings is 1. The van der Waals surface area contributed by atoms with E-state index in [1.807, 2.05) is 0 Å². The Labute approximate surface area is 133 Å². The molecule has 3 rings (SSSR count). The van der Waals surface area contributed by atoms with E-state index in [2.05, 4.69) is 17.1 Å². The second-order valence-corrected chi connectivity index (χ2v) is 6.59. The van der Waals surface area contributed by atoms with Crippen molar-refractivity contribution < 1.29 is 4.52 Å². The monoisotopic (exact) mass is 325 g/mol. The standard InChI is InChI=1S/C15H17Cl2N3O/c1-8-3-2-4-9(5-8)14-19-15(21-20-14)10-6-11(16)13(18)12(17)7-10/h6-9H,2-5,18H2,1H3. The van der Waals surface area contributed by atoms with Crippen LogP contribution in [0.5, 0.6) is 0 Å². The van der Waals surface area contributed by atoms with Crippen LogP contribution >= 0.6 is 23.2 Å². The molecule has 4 nitrogen and oxygen atoms in total. The predicted molar refractivity (Wildman–Crippen MR) is 84.5 cm³/mol. The van der Waals surface area contributed by atoms with Gasteiger partial charge in [-0.3, -0.25) is 0 Å². The average Bonchev–Trinajstić information content (AvgIpc) is 2.94. The van der Waals surface area contributed by atoms with Gasteiger partial charge in [0.25, 0.3) is 5.89 Å². The Morgan fingerprint density at radius 1 is 1.24 bits per heavy atom. The van der Waals surface area contributed by atoms with E-state index >= 15 is 0 Å². The molecule has 0 radical (unpaired) electrons. The summed E-state index contributed by atoms with van der Waals surface area (Å²) in [5, 5.41) is 4.91. The minimum atomic E-state index is 0.364. The molecule has 0 amide bonds. The lowest BCUT2D eigenvalue weighted by Crippen LogP contribution is -2.12. The number of nitrogens with two attached hydrogens (primary N) is 1. The highest BCUT2D eigenvalue weighted by molar-refractivity contribution is 6.39. The molecule has 1 aromatic carbocycles. The van der Waals surface area contributed by atoms with E-state index in [0.29, 0.717) is 39.0 Å². The topological polar surface area (TPSA) is 64.9 Å². The molecule has 1 aliphatic carbocycles. The normalized spacial score (nSPS) is 22.4. The first kappa shape index (κ1) is 14.7. The van der Waals surface area contributed by atoms with Crippen molar-refractivity contribution in [2.24, 2.45) is 5.92 Å². The van der Waals surface area contributed by atoms with Gasteiger partial charge >= 0.3 is 0 Å². The average molecular weight is 326 g/mol. The molecule has 2 atom stereocenters. The van der Waals surface area contributed by atoms with Crippen molar-refractivity contribution in [2.75, 3.05) is 5.73 Å². The lowest BCUT2D eigenvalue weighted by atomic mass is 9.82. The van der Waals surface area contributed by atoms with Crippen LogP contribution in [0.4, 0.5) is 5.69 Å². The molecule has 112 valence electrons. The maximum absolute atomic E-state index is 6.04. The summed E-state index contributed by atoms with van der Waals surface area (Å²) in [5.74, 6) is 2.31. The molecule has 6 heteroatoms. The van der Waals surface area contributed by atoms with E-state index in [1.54, 1.807) is 12.1 Å². The van der Waals surface area contributed by atoms with Gasteiger partial charge in [-0.2, -0.15) is 4.98 Å².